The highest BCUT2D eigenvalue weighted by Gasteiger charge is 2.21. The van der Waals surface area contributed by atoms with Crippen LogP contribution in [0.15, 0.2) is 10.7 Å². The van der Waals surface area contributed by atoms with Gasteiger partial charge in [-0.15, -0.1) is 0 Å². The second-order valence-corrected chi connectivity index (χ2v) is 4.97. The fraction of sp³-hybridized carbons (Fsp3) is 0.727. The monoisotopic (exact) mass is 287 g/mol. The topological polar surface area (TPSA) is 39.1 Å². The summed E-state index contributed by atoms with van der Waals surface area (Å²) in [6.45, 7) is 3.76. The van der Waals surface area contributed by atoms with Gasteiger partial charge in [0.2, 0.25) is 0 Å². The van der Waals surface area contributed by atoms with E-state index in [-0.39, 0.29) is 0 Å². The van der Waals surface area contributed by atoms with Crippen LogP contribution in [0.3, 0.4) is 0 Å². The van der Waals surface area contributed by atoms with E-state index in [1.807, 2.05) is 6.20 Å². The first-order valence-electron chi connectivity index (χ1n) is 5.73. The van der Waals surface area contributed by atoms with Crippen molar-refractivity contribution in [1.29, 1.82) is 0 Å². The van der Waals surface area contributed by atoms with E-state index < -0.39 is 0 Å². The second kappa shape index (κ2) is 5.80. The van der Waals surface area contributed by atoms with Crippen molar-refractivity contribution in [1.82, 2.24) is 15.1 Å². The van der Waals surface area contributed by atoms with Crippen LogP contribution >= 0.6 is 15.9 Å². The number of aromatic nitrogens is 2. The van der Waals surface area contributed by atoms with Gasteiger partial charge in [-0.25, -0.2) is 0 Å². The molecule has 0 amide bonds. The van der Waals surface area contributed by atoms with Crippen molar-refractivity contribution < 1.29 is 4.74 Å². The Kier molecular flexibility index (Phi) is 4.37. The Bertz CT molecular complexity index is 334. The molecule has 90 valence electrons. The van der Waals surface area contributed by atoms with Gasteiger partial charge >= 0.3 is 0 Å². The van der Waals surface area contributed by atoms with Gasteiger partial charge in [-0.1, -0.05) is 0 Å². The summed E-state index contributed by atoms with van der Waals surface area (Å²) in [6, 6.07) is 0. The number of rotatable bonds is 4. The predicted octanol–water partition coefficient (Wildman–Crippen LogP) is 1.76. The molecule has 1 saturated heterocycles. The van der Waals surface area contributed by atoms with Crippen LogP contribution in [0, 0.1) is 0 Å². The van der Waals surface area contributed by atoms with Crippen molar-refractivity contribution in [2.75, 3.05) is 26.8 Å². The molecule has 1 aromatic heterocycles. The van der Waals surface area contributed by atoms with Gasteiger partial charge in [0.05, 0.1) is 29.5 Å². The zero-order valence-corrected chi connectivity index (χ0v) is 11.2. The van der Waals surface area contributed by atoms with Crippen molar-refractivity contribution in [2.45, 2.75) is 25.3 Å². The van der Waals surface area contributed by atoms with Gasteiger partial charge < -0.3 is 10.1 Å². The maximum Gasteiger partial charge on any atom is 0.0658 e. The van der Waals surface area contributed by atoms with Crippen LogP contribution in [0.25, 0.3) is 0 Å². The fourth-order valence-electron chi connectivity index (χ4n) is 2.23. The van der Waals surface area contributed by atoms with E-state index in [1.165, 1.54) is 18.5 Å². The SMILES string of the molecule is COCCn1ncc(Br)c1C1CCNCC1. The average molecular weight is 288 g/mol. The van der Waals surface area contributed by atoms with Crippen LogP contribution in [0.2, 0.25) is 0 Å². The van der Waals surface area contributed by atoms with Crippen LogP contribution in [0.1, 0.15) is 24.5 Å². The molecule has 1 N–H and O–H groups in total. The number of halogens is 1. The molecule has 5 heteroatoms. The van der Waals surface area contributed by atoms with E-state index >= 15 is 0 Å². The molecule has 0 atom stereocenters. The first-order chi connectivity index (χ1) is 7.83. The quantitative estimate of drug-likeness (QED) is 0.917. The molecule has 0 bridgehead atoms. The first kappa shape index (κ1) is 12.1. The molecule has 0 radical (unpaired) electrons. The Morgan fingerprint density at radius 3 is 3.00 bits per heavy atom. The lowest BCUT2D eigenvalue weighted by atomic mass is 9.94. The average Bonchev–Trinajstić information content (AvgIpc) is 2.69. The molecule has 2 heterocycles. The van der Waals surface area contributed by atoms with Crippen molar-refractivity contribution >= 4 is 15.9 Å². The highest BCUT2D eigenvalue weighted by molar-refractivity contribution is 9.10. The summed E-state index contributed by atoms with van der Waals surface area (Å²) in [6.07, 6.45) is 4.28. The minimum atomic E-state index is 0.620. The highest BCUT2D eigenvalue weighted by atomic mass is 79.9. The van der Waals surface area contributed by atoms with Crippen LogP contribution in [0.4, 0.5) is 0 Å². The number of nitrogens with zero attached hydrogens (tertiary/aromatic N) is 2. The van der Waals surface area contributed by atoms with E-state index in [0.29, 0.717) is 12.5 Å². The Balaban J connectivity index is 2.13. The second-order valence-electron chi connectivity index (χ2n) is 4.12. The summed E-state index contributed by atoms with van der Waals surface area (Å²) < 4.78 is 8.32. The van der Waals surface area contributed by atoms with E-state index in [1.54, 1.807) is 7.11 Å². The molecule has 0 aliphatic carbocycles. The number of ether oxygens (including phenoxy) is 1. The largest absolute Gasteiger partial charge is 0.383 e. The van der Waals surface area contributed by atoms with Crippen molar-refractivity contribution in [3.05, 3.63) is 16.4 Å². The number of hydrogen-bond acceptors (Lipinski definition) is 3. The summed E-state index contributed by atoms with van der Waals surface area (Å²) >= 11 is 3.60. The maximum absolute atomic E-state index is 5.11. The van der Waals surface area contributed by atoms with Crippen molar-refractivity contribution in [3.63, 3.8) is 0 Å². The lowest BCUT2D eigenvalue weighted by Crippen LogP contribution is -2.28. The third kappa shape index (κ3) is 2.64. The third-order valence-electron chi connectivity index (χ3n) is 3.07. The summed E-state index contributed by atoms with van der Waals surface area (Å²) in [5, 5.41) is 7.79. The predicted molar refractivity (Wildman–Crippen MR) is 66.6 cm³/mol. The van der Waals surface area contributed by atoms with Crippen LogP contribution in [-0.4, -0.2) is 36.6 Å². The van der Waals surface area contributed by atoms with Crippen molar-refractivity contribution in [3.8, 4) is 0 Å². The van der Waals surface area contributed by atoms with Crippen molar-refractivity contribution in [2.24, 2.45) is 0 Å². The van der Waals surface area contributed by atoms with Crippen LogP contribution < -0.4 is 5.32 Å². The lowest BCUT2D eigenvalue weighted by Gasteiger charge is -2.24. The van der Waals surface area contributed by atoms with Crippen LogP contribution in [-0.2, 0) is 11.3 Å². The van der Waals surface area contributed by atoms with Gasteiger partial charge in [0.1, 0.15) is 0 Å². The molecule has 1 aromatic rings. The molecule has 0 unspecified atom stereocenters. The molecule has 0 aromatic carbocycles. The Labute approximate surface area is 104 Å². The number of methoxy groups -OCH3 is 1. The molecule has 1 aliphatic heterocycles. The smallest absolute Gasteiger partial charge is 0.0658 e. The number of piperidine rings is 1. The van der Waals surface area contributed by atoms with Gasteiger partial charge in [-0.3, -0.25) is 4.68 Å². The van der Waals surface area contributed by atoms with Gasteiger partial charge in [0.25, 0.3) is 0 Å². The zero-order valence-electron chi connectivity index (χ0n) is 9.58. The van der Waals surface area contributed by atoms with E-state index in [2.05, 4.69) is 31.0 Å². The van der Waals surface area contributed by atoms with E-state index in [0.717, 1.165) is 24.1 Å². The number of hydrogen-bond donors (Lipinski definition) is 1. The zero-order chi connectivity index (χ0) is 11.4. The fourth-order valence-corrected chi connectivity index (χ4v) is 2.85. The summed E-state index contributed by atoms with van der Waals surface area (Å²) in [4.78, 5) is 0. The summed E-state index contributed by atoms with van der Waals surface area (Å²) in [5.41, 5.74) is 1.33. The highest BCUT2D eigenvalue weighted by Crippen LogP contribution is 2.30. The van der Waals surface area contributed by atoms with Gasteiger partial charge in [-0.05, 0) is 41.9 Å². The minimum absolute atomic E-state index is 0.620. The lowest BCUT2D eigenvalue weighted by molar-refractivity contribution is 0.181. The molecular formula is C11H18BrN3O. The maximum atomic E-state index is 5.11. The Morgan fingerprint density at radius 2 is 2.31 bits per heavy atom. The molecule has 1 fully saturated rings. The molecule has 0 saturated carbocycles. The normalized spacial score (nSPS) is 17.9. The van der Waals surface area contributed by atoms with Gasteiger partial charge in [-0.2, -0.15) is 5.10 Å². The minimum Gasteiger partial charge on any atom is -0.383 e. The first-order valence-corrected chi connectivity index (χ1v) is 6.53. The Morgan fingerprint density at radius 1 is 1.56 bits per heavy atom. The van der Waals surface area contributed by atoms with Crippen LogP contribution in [0.5, 0.6) is 0 Å². The molecule has 16 heavy (non-hydrogen) atoms. The summed E-state index contributed by atoms with van der Waals surface area (Å²) in [5.74, 6) is 0.620. The van der Waals surface area contributed by atoms with Gasteiger partial charge in [0.15, 0.2) is 0 Å². The Hall–Kier alpha value is -0.390. The molecule has 2 rings (SSSR count). The molecule has 0 spiro atoms. The standard InChI is InChI=1S/C11H18BrN3O/c1-16-7-6-15-11(10(12)8-14-15)9-2-4-13-5-3-9/h8-9,13H,2-7H2,1H3. The molecular weight excluding hydrogens is 270 g/mol. The molecule has 4 nitrogen and oxygen atoms in total. The van der Waals surface area contributed by atoms with E-state index in [4.69, 9.17) is 4.74 Å². The third-order valence-corrected chi connectivity index (χ3v) is 3.68. The number of nitrogens with one attached hydrogen (secondary N) is 1. The van der Waals surface area contributed by atoms with E-state index in [9.17, 15) is 0 Å². The van der Waals surface area contributed by atoms with Gasteiger partial charge in [0, 0.05) is 13.0 Å². The molecule has 1 aliphatic rings. The summed E-state index contributed by atoms with van der Waals surface area (Å²) in [7, 11) is 1.72.